The summed E-state index contributed by atoms with van der Waals surface area (Å²) in [4.78, 5) is 36.8. The smallest absolute Gasteiger partial charge is 0.258 e. The number of amides is 2. The normalized spacial score (nSPS) is 16.0. The number of carbonyl (C=O) groups is 3. The third kappa shape index (κ3) is 4.58. The minimum Gasteiger partial charge on any atom is -0.484 e. The first-order valence-corrected chi connectivity index (χ1v) is 7.34. The number of nitrogens with zero attached hydrogens (tertiary/aromatic N) is 1. The van der Waals surface area contributed by atoms with Gasteiger partial charge < -0.3 is 15.0 Å². The highest BCUT2D eigenvalue weighted by Gasteiger charge is 2.25. The first-order valence-electron chi connectivity index (χ1n) is 7.34. The number of hydrogen-bond donors (Lipinski definition) is 1. The summed E-state index contributed by atoms with van der Waals surface area (Å²) in [5.41, 5.74) is 0. The Bertz CT molecular complexity index is 534. The van der Waals surface area contributed by atoms with Crippen LogP contribution in [0, 0.1) is 0 Å². The van der Waals surface area contributed by atoms with Crippen molar-refractivity contribution < 1.29 is 19.1 Å². The maximum Gasteiger partial charge on any atom is 0.258 e. The van der Waals surface area contributed by atoms with Gasteiger partial charge in [0.15, 0.2) is 6.61 Å². The zero-order valence-electron chi connectivity index (χ0n) is 12.6. The molecule has 1 aliphatic rings. The first-order chi connectivity index (χ1) is 10.6. The van der Waals surface area contributed by atoms with Crippen molar-refractivity contribution >= 4 is 17.6 Å². The lowest BCUT2D eigenvalue weighted by atomic mass is 10.1. The number of Topliss-reactive ketones (excluding diaryl/α,β-unsaturated/α-hetero) is 1. The quantitative estimate of drug-likeness (QED) is 0.871. The van der Waals surface area contributed by atoms with Crippen LogP contribution in [0.5, 0.6) is 5.75 Å². The second-order valence-corrected chi connectivity index (χ2v) is 5.25. The number of carbonyl (C=O) groups excluding carboxylic acids is 3. The van der Waals surface area contributed by atoms with Crippen molar-refractivity contribution in [3.63, 3.8) is 0 Å². The van der Waals surface area contributed by atoms with Gasteiger partial charge in [-0.3, -0.25) is 14.4 Å². The van der Waals surface area contributed by atoms with Crippen molar-refractivity contribution in [2.75, 3.05) is 19.7 Å². The molecule has 1 fully saturated rings. The lowest BCUT2D eigenvalue weighted by Gasteiger charge is -2.28. The highest BCUT2D eigenvalue weighted by molar-refractivity contribution is 5.89. The fourth-order valence-corrected chi connectivity index (χ4v) is 2.26. The van der Waals surface area contributed by atoms with Crippen molar-refractivity contribution in [1.29, 1.82) is 0 Å². The Balaban J connectivity index is 1.75. The monoisotopic (exact) mass is 304 g/mol. The molecule has 6 heteroatoms. The Morgan fingerprint density at radius 2 is 1.86 bits per heavy atom. The predicted molar refractivity (Wildman–Crippen MR) is 80.4 cm³/mol. The van der Waals surface area contributed by atoms with Crippen LogP contribution < -0.4 is 10.1 Å². The van der Waals surface area contributed by atoms with Crippen LogP contribution in [0.25, 0.3) is 0 Å². The molecular weight excluding hydrogens is 284 g/mol. The van der Waals surface area contributed by atoms with Crippen molar-refractivity contribution in [2.24, 2.45) is 0 Å². The predicted octanol–water partition coefficient (Wildman–Crippen LogP) is 0.762. The van der Waals surface area contributed by atoms with E-state index in [1.807, 2.05) is 18.2 Å². The number of piperidine rings is 1. The van der Waals surface area contributed by atoms with E-state index in [0.29, 0.717) is 31.7 Å². The van der Waals surface area contributed by atoms with Crippen LogP contribution in [0.15, 0.2) is 30.3 Å². The molecule has 0 saturated carbocycles. The van der Waals surface area contributed by atoms with E-state index in [2.05, 4.69) is 5.32 Å². The molecule has 0 bridgehead atoms. The summed E-state index contributed by atoms with van der Waals surface area (Å²) in [6.07, 6.45) is 0.785. The zero-order valence-corrected chi connectivity index (χ0v) is 12.6. The fraction of sp³-hybridized carbons (Fsp3) is 0.438. The van der Waals surface area contributed by atoms with Gasteiger partial charge in [-0.05, 0) is 19.1 Å². The summed E-state index contributed by atoms with van der Waals surface area (Å²) >= 11 is 0. The molecule has 0 radical (unpaired) electrons. The van der Waals surface area contributed by atoms with E-state index < -0.39 is 6.04 Å². The number of para-hydroxylation sites is 1. The van der Waals surface area contributed by atoms with Gasteiger partial charge in [0.05, 0.1) is 0 Å². The lowest BCUT2D eigenvalue weighted by Crippen LogP contribution is -2.50. The van der Waals surface area contributed by atoms with E-state index >= 15 is 0 Å². The van der Waals surface area contributed by atoms with Gasteiger partial charge in [-0.25, -0.2) is 0 Å². The maximum absolute atomic E-state index is 12.2. The average Bonchev–Trinajstić information content (AvgIpc) is 2.54. The molecule has 2 amide bonds. The number of nitrogens with one attached hydrogen (secondary N) is 1. The van der Waals surface area contributed by atoms with Crippen LogP contribution in [0.4, 0.5) is 0 Å². The number of ether oxygens (including phenoxy) is 1. The molecule has 1 N–H and O–H groups in total. The van der Waals surface area contributed by atoms with Gasteiger partial charge in [0.2, 0.25) is 5.91 Å². The third-order valence-corrected chi connectivity index (χ3v) is 3.49. The van der Waals surface area contributed by atoms with E-state index in [-0.39, 0.29) is 24.2 Å². The Labute approximate surface area is 129 Å². The van der Waals surface area contributed by atoms with Gasteiger partial charge in [0.1, 0.15) is 17.6 Å². The Kier molecular flexibility index (Phi) is 5.52. The number of hydrogen-bond acceptors (Lipinski definition) is 4. The summed E-state index contributed by atoms with van der Waals surface area (Å²) in [5.74, 6) is 0.265. The molecule has 118 valence electrons. The Hall–Kier alpha value is -2.37. The number of rotatable bonds is 5. The molecule has 1 aliphatic heterocycles. The van der Waals surface area contributed by atoms with Gasteiger partial charge in [-0.2, -0.15) is 0 Å². The van der Waals surface area contributed by atoms with Gasteiger partial charge in [-0.1, -0.05) is 18.2 Å². The highest BCUT2D eigenvalue weighted by Crippen LogP contribution is 2.09. The number of likely N-dealkylation sites (tertiary alicyclic amines) is 1. The molecule has 1 atom stereocenters. The molecule has 0 aromatic heterocycles. The molecule has 2 rings (SSSR count). The van der Waals surface area contributed by atoms with E-state index in [9.17, 15) is 14.4 Å². The minimum absolute atomic E-state index is 0.139. The third-order valence-electron chi connectivity index (χ3n) is 3.49. The largest absolute Gasteiger partial charge is 0.484 e. The number of benzene rings is 1. The van der Waals surface area contributed by atoms with E-state index in [1.165, 1.54) is 0 Å². The second kappa shape index (κ2) is 7.59. The summed E-state index contributed by atoms with van der Waals surface area (Å²) in [6.45, 7) is 2.36. The van der Waals surface area contributed by atoms with Gasteiger partial charge in [0, 0.05) is 25.9 Å². The van der Waals surface area contributed by atoms with Crippen LogP contribution in [-0.4, -0.2) is 48.2 Å². The zero-order chi connectivity index (χ0) is 15.9. The van der Waals surface area contributed by atoms with Crippen molar-refractivity contribution in [2.45, 2.75) is 25.8 Å². The van der Waals surface area contributed by atoms with Crippen LogP contribution in [-0.2, 0) is 14.4 Å². The van der Waals surface area contributed by atoms with Gasteiger partial charge >= 0.3 is 0 Å². The van der Waals surface area contributed by atoms with Crippen LogP contribution in [0.1, 0.15) is 19.8 Å². The summed E-state index contributed by atoms with van der Waals surface area (Å²) < 4.78 is 5.33. The maximum atomic E-state index is 12.2. The molecule has 0 spiro atoms. The van der Waals surface area contributed by atoms with Crippen LogP contribution in [0.2, 0.25) is 0 Å². The summed E-state index contributed by atoms with van der Waals surface area (Å²) in [6, 6.07) is 8.38. The molecule has 22 heavy (non-hydrogen) atoms. The first kappa shape index (κ1) is 16.0. The lowest BCUT2D eigenvalue weighted by molar-refractivity contribution is -0.138. The molecule has 0 unspecified atom stereocenters. The van der Waals surface area contributed by atoms with Crippen molar-refractivity contribution in [3.8, 4) is 5.75 Å². The average molecular weight is 304 g/mol. The molecule has 6 nitrogen and oxygen atoms in total. The van der Waals surface area contributed by atoms with Crippen LogP contribution in [0.3, 0.4) is 0 Å². The highest BCUT2D eigenvalue weighted by atomic mass is 16.5. The fourth-order valence-electron chi connectivity index (χ4n) is 2.26. The SMILES string of the molecule is C[C@H](NC(=O)COc1ccccc1)C(=O)N1CCC(=O)CC1. The Morgan fingerprint density at radius 3 is 2.50 bits per heavy atom. The molecular formula is C16H20N2O4. The van der Waals surface area contributed by atoms with Crippen molar-refractivity contribution in [1.82, 2.24) is 10.2 Å². The van der Waals surface area contributed by atoms with E-state index in [0.717, 1.165) is 0 Å². The minimum atomic E-state index is -0.625. The van der Waals surface area contributed by atoms with Gasteiger partial charge in [-0.15, -0.1) is 0 Å². The molecule has 1 saturated heterocycles. The summed E-state index contributed by atoms with van der Waals surface area (Å²) in [7, 11) is 0. The molecule has 1 aromatic carbocycles. The molecule has 1 heterocycles. The topological polar surface area (TPSA) is 75.7 Å². The molecule has 1 aromatic rings. The Morgan fingerprint density at radius 1 is 1.23 bits per heavy atom. The van der Waals surface area contributed by atoms with Gasteiger partial charge in [0.25, 0.3) is 5.91 Å². The number of ketones is 1. The molecule has 0 aliphatic carbocycles. The van der Waals surface area contributed by atoms with E-state index in [1.54, 1.807) is 24.0 Å². The standard InChI is InChI=1S/C16H20N2O4/c1-12(16(21)18-9-7-13(19)8-10-18)17-15(20)11-22-14-5-3-2-4-6-14/h2-6,12H,7-11H2,1H3,(H,17,20)/t12-/m0/s1. The van der Waals surface area contributed by atoms with E-state index in [4.69, 9.17) is 4.74 Å². The summed E-state index contributed by atoms with van der Waals surface area (Å²) in [5, 5.41) is 2.62. The van der Waals surface area contributed by atoms with Crippen molar-refractivity contribution in [3.05, 3.63) is 30.3 Å². The van der Waals surface area contributed by atoms with Crippen LogP contribution >= 0.6 is 0 Å². The second-order valence-electron chi connectivity index (χ2n) is 5.25.